The topological polar surface area (TPSA) is 20.2 Å². The van der Waals surface area contributed by atoms with Crippen molar-refractivity contribution in [2.24, 2.45) is 11.8 Å². The molecule has 2 atom stereocenters. The molecule has 0 amide bonds. The van der Waals surface area contributed by atoms with Crippen molar-refractivity contribution in [3.63, 3.8) is 0 Å². The molecule has 2 aliphatic rings. The molecule has 2 saturated carbocycles. The molecule has 2 unspecified atom stereocenters. The van der Waals surface area contributed by atoms with Crippen LogP contribution in [0, 0.1) is 11.8 Å². The lowest BCUT2D eigenvalue weighted by atomic mass is 9.63. The number of halogens is 1. The second-order valence-electron chi connectivity index (χ2n) is 6.68. The number of hydrogen-bond donors (Lipinski definition) is 1. The molecule has 110 valence electrons. The molecule has 0 aromatic heterocycles. The van der Waals surface area contributed by atoms with Gasteiger partial charge >= 0.3 is 0 Å². The molecular formula is C18H25ClO. The minimum Gasteiger partial charge on any atom is -0.385 e. The van der Waals surface area contributed by atoms with E-state index in [-0.39, 0.29) is 0 Å². The van der Waals surface area contributed by atoms with Gasteiger partial charge in [0.15, 0.2) is 0 Å². The van der Waals surface area contributed by atoms with Crippen LogP contribution in [0.25, 0.3) is 0 Å². The first kappa shape index (κ1) is 14.4. The summed E-state index contributed by atoms with van der Waals surface area (Å²) in [5, 5.41) is 12.2. The molecule has 0 heterocycles. The number of hydrogen-bond acceptors (Lipinski definition) is 1. The molecule has 2 fully saturated rings. The summed E-state index contributed by atoms with van der Waals surface area (Å²) in [6.07, 6.45) is 11.1. The molecular weight excluding hydrogens is 268 g/mol. The van der Waals surface area contributed by atoms with Gasteiger partial charge in [0.05, 0.1) is 5.60 Å². The van der Waals surface area contributed by atoms with Gasteiger partial charge in [-0.1, -0.05) is 68.7 Å². The third-order valence-electron chi connectivity index (χ3n) is 5.48. The summed E-state index contributed by atoms with van der Waals surface area (Å²) in [6.45, 7) is 0. The van der Waals surface area contributed by atoms with E-state index in [9.17, 15) is 5.11 Å². The monoisotopic (exact) mass is 292 g/mol. The first-order chi connectivity index (χ1) is 9.70. The quantitative estimate of drug-likeness (QED) is 0.784. The molecule has 0 radical (unpaired) electrons. The molecule has 0 saturated heterocycles. The predicted molar refractivity (Wildman–Crippen MR) is 83.9 cm³/mol. The lowest BCUT2D eigenvalue weighted by Crippen LogP contribution is -2.42. The van der Waals surface area contributed by atoms with Gasteiger partial charge in [-0.2, -0.15) is 0 Å². The van der Waals surface area contributed by atoms with Crippen LogP contribution in [0.5, 0.6) is 0 Å². The summed E-state index contributed by atoms with van der Waals surface area (Å²) in [5.41, 5.74) is 0.394. The molecule has 2 aliphatic carbocycles. The Kier molecular flexibility index (Phi) is 4.37. The molecule has 1 aromatic carbocycles. The van der Waals surface area contributed by atoms with Crippen molar-refractivity contribution in [3.8, 4) is 0 Å². The summed E-state index contributed by atoms with van der Waals surface area (Å²) in [5.74, 6) is 1.13. The predicted octanol–water partition coefficient (Wildman–Crippen LogP) is 5.30. The van der Waals surface area contributed by atoms with Gasteiger partial charge in [-0.05, 0) is 42.4 Å². The normalized spacial score (nSPS) is 32.2. The molecule has 0 aliphatic heterocycles. The van der Waals surface area contributed by atoms with E-state index in [1.54, 1.807) is 0 Å². The zero-order valence-electron chi connectivity index (χ0n) is 12.2. The Morgan fingerprint density at radius 3 is 2.50 bits per heavy atom. The van der Waals surface area contributed by atoms with Crippen LogP contribution in [0.1, 0.15) is 63.4 Å². The van der Waals surface area contributed by atoms with Crippen LogP contribution in [-0.2, 0) is 5.60 Å². The average molecular weight is 293 g/mol. The van der Waals surface area contributed by atoms with Crippen molar-refractivity contribution < 1.29 is 5.11 Å². The van der Waals surface area contributed by atoms with E-state index in [4.69, 9.17) is 11.6 Å². The van der Waals surface area contributed by atoms with Gasteiger partial charge < -0.3 is 5.11 Å². The lowest BCUT2D eigenvalue weighted by molar-refractivity contribution is -0.0835. The maximum atomic E-state index is 11.4. The van der Waals surface area contributed by atoms with Crippen LogP contribution in [0.2, 0.25) is 5.02 Å². The van der Waals surface area contributed by atoms with E-state index in [1.807, 2.05) is 18.2 Å². The Labute approximate surface area is 127 Å². The summed E-state index contributed by atoms with van der Waals surface area (Å²) in [7, 11) is 0. The summed E-state index contributed by atoms with van der Waals surface area (Å²) in [4.78, 5) is 0. The van der Waals surface area contributed by atoms with Crippen molar-refractivity contribution in [1.29, 1.82) is 0 Å². The van der Waals surface area contributed by atoms with Crippen molar-refractivity contribution >= 4 is 11.6 Å². The van der Waals surface area contributed by atoms with Gasteiger partial charge in [-0.25, -0.2) is 0 Å². The molecule has 1 aromatic rings. The fourth-order valence-corrected chi connectivity index (χ4v) is 4.65. The highest BCUT2D eigenvalue weighted by atomic mass is 35.5. The summed E-state index contributed by atoms with van der Waals surface area (Å²) in [6, 6.07) is 7.91. The third kappa shape index (κ3) is 2.76. The first-order valence-corrected chi connectivity index (χ1v) is 8.56. The molecule has 1 nitrogen and oxygen atoms in total. The Morgan fingerprint density at radius 2 is 1.75 bits per heavy atom. The number of rotatable bonds is 2. The minimum atomic E-state index is -0.648. The van der Waals surface area contributed by atoms with Crippen LogP contribution >= 0.6 is 11.6 Å². The fourth-order valence-electron chi connectivity index (χ4n) is 4.46. The van der Waals surface area contributed by atoms with Gasteiger partial charge in [0, 0.05) is 5.02 Å². The van der Waals surface area contributed by atoms with Gasteiger partial charge in [0.1, 0.15) is 0 Å². The van der Waals surface area contributed by atoms with Gasteiger partial charge in [0.25, 0.3) is 0 Å². The van der Waals surface area contributed by atoms with Gasteiger partial charge in [-0.15, -0.1) is 0 Å². The van der Waals surface area contributed by atoms with Crippen LogP contribution in [0.4, 0.5) is 0 Å². The Morgan fingerprint density at radius 1 is 1.00 bits per heavy atom. The van der Waals surface area contributed by atoms with Gasteiger partial charge in [0.2, 0.25) is 0 Å². The zero-order valence-corrected chi connectivity index (χ0v) is 12.9. The third-order valence-corrected chi connectivity index (χ3v) is 5.71. The van der Waals surface area contributed by atoms with E-state index < -0.39 is 5.60 Å². The zero-order chi connectivity index (χ0) is 14.0. The van der Waals surface area contributed by atoms with E-state index in [2.05, 4.69) is 6.07 Å². The second kappa shape index (κ2) is 6.07. The van der Waals surface area contributed by atoms with Crippen molar-refractivity contribution in [3.05, 3.63) is 34.9 Å². The fraction of sp³-hybridized carbons (Fsp3) is 0.667. The minimum absolute atomic E-state index is 0.426. The van der Waals surface area contributed by atoms with Crippen molar-refractivity contribution in [2.75, 3.05) is 0 Å². The average Bonchev–Trinajstić information content (AvgIpc) is 2.49. The van der Waals surface area contributed by atoms with Crippen LogP contribution < -0.4 is 0 Å². The van der Waals surface area contributed by atoms with E-state index in [1.165, 1.54) is 44.9 Å². The highest BCUT2D eigenvalue weighted by molar-refractivity contribution is 6.30. The van der Waals surface area contributed by atoms with E-state index in [0.717, 1.165) is 23.4 Å². The van der Waals surface area contributed by atoms with Gasteiger partial charge in [-0.3, -0.25) is 0 Å². The van der Waals surface area contributed by atoms with E-state index >= 15 is 0 Å². The SMILES string of the molecule is OC1(c2cccc(Cl)c2)CCCCC1C1CCCCC1. The molecule has 1 N–H and O–H groups in total. The molecule has 20 heavy (non-hydrogen) atoms. The standard InChI is InChI=1S/C18H25ClO/c19-16-10-6-9-15(13-16)18(20)12-5-4-11-17(18)14-7-2-1-3-8-14/h6,9-10,13-14,17,20H,1-5,7-8,11-12H2. The summed E-state index contributed by atoms with van der Waals surface area (Å²) >= 11 is 6.15. The molecule has 0 spiro atoms. The number of aliphatic hydroxyl groups is 1. The maximum absolute atomic E-state index is 11.4. The Hall–Kier alpha value is -0.530. The first-order valence-electron chi connectivity index (χ1n) is 8.18. The van der Waals surface area contributed by atoms with Crippen molar-refractivity contribution in [1.82, 2.24) is 0 Å². The highest BCUT2D eigenvalue weighted by Crippen LogP contribution is 2.49. The Balaban J connectivity index is 1.90. The Bertz CT molecular complexity index is 452. The highest BCUT2D eigenvalue weighted by Gasteiger charge is 2.44. The van der Waals surface area contributed by atoms with Crippen LogP contribution in [0.3, 0.4) is 0 Å². The van der Waals surface area contributed by atoms with Crippen LogP contribution in [0.15, 0.2) is 24.3 Å². The summed E-state index contributed by atoms with van der Waals surface area (Å²) < 4.78 is 0. The number of benzene rings is 1. The maximum Gasteiger partial charge on any atom is 0.0927 e. The van der Waals surface area contributed by atoms with Crippen LogP contribution in [-0.4, -0.2) is 5.11 Å². The lowest BCUT2D eigenvalue weighted by Gasteiger charge is -2.45. The second-order valence-corrected chi connectivity index (χ2v) is 7.12. The molecule has 0 bridgehead atoms. The molecule has 3 rings (SSSR count). The van der Waals surface area contributed by atoms with E-state index in [0.29, 0.717) is 11.8 Å². The largest absolute Gasteiger partial charge is 0.385 e. The molecule has 2 heteroatoms. The van der Waals surface area contributed by atoms with Crippen molar-refractivity contribution in [2.45, 2.75) is 63.4 Å². The smallest absolute Gasteiger partial charge is 0.0927 e.